The van der Waals surface area contributed by atoms with Crippen LogP contribution in [0.1, 0.15) is 34.5 Å². The largest absolute Gasteiger partial charge is 0.497 e. The summed E-state index contributed by atoms with van der Waals surface area (Å²) in [7, 11) is 3.19. The molecule has 4 rings (SSSR count). The normalized spacial score (nSPS) is 13.5. The lowest BCUT2D eigenvalue weighted by molar-refractivity contribution is 0.0960. The number of carbonyl (C=O) groups excluding carboxylic acids is 1. The zero-order valence-electron chi connectivity index (χ0n) is 14.5. The fraction of sp³-hybridized carbons (Fsp3) is 0.286. The van der Waals surface area contributed by atoms with Gasteiger partial charge in [-0.15, -0.1) is 0 Å². The molecule has 0 aliphatic heterocycles. The standard InChI is InChI=1S/C21H21NO3/c1-24-15-11-14(12-16(13-15)25-2)21(23)22-19-9-5-3-7-17(19)18-8-4-6-10-20(18)22/h3,5,7,9,11-13H,4,6,8,10H2,1-2H3. The Kier molecular flexibility index (Phi) is 3.96. The van der Waals surface area contributed by atoms with Gasteiger partial charge >= 0.3 is 0 Å². The number of aryl methyl sites for hydroxylation is 1. The number of para-hydroxylation sites is 1. The van der Waals surface area contributed by atoms with E-state index in [4.69, 9.17) is 9.47 Å². The molecule has 0 N–H and O–H groups in total. The summed E-state index contributed by atoms with van der Waals surface area (Å²) in [5, 5.41) is 1.19. The predicted octanol–water partition coefficient (Wildman–Crippen LogP) is 4.23. The van der Waals surface area contributed by atoms with Gasteiger partial charge in [0, 0.05) is 22.7 Å². The molecular formula is C21H21NO3. The second-order valence-electron chi connectivity index (χ2n) is 6.39. The monoisotopic (exact) mass is 335 g/mol. The fourth-order valence-corrected chi connectivity index (χ4v) is 3.79. The van der Waals surface area contributed by atoms with Crippen molar-refractivity contribution in [3.8, 4) is 11.5 Å². The molecule has 1 heterocycles. The summed E-state index contributed by atoms with van der Waals surface area (Å²) >= 11 is 0. The SMILES string of the molecule is COc1cc(OC)cc(C(=O)n2c3c(c4ccccc42)CCCC3)c1. The lowest BCUT2D eigenvalue weighted by atomic mass is 9.95. The quantitative estimate of drug-likeness (QED) is 0.719. The Morgan fingerprint density at radius 1 is 0.960 bits per heavy atom. The summed E-state index contributed by atoms with van der Waals surface area (Å²) in [6, 6.07) is 13.5. The summed E-state index contributed by atoms with van der Waals surface area (Å²) in [6.45, 7) is 0. The minimum Gasteiger partial charge on any atom is -0.497 e. The minimum atomic E-state index is -0.0310. The lowest BCUT2D eigenvalue weighted by Gasteiger charge is -2.16. The molecule has 0 saturated heterocycles. The predicted molar refractivity (Wildman–Crippen MR) is 97.9 cm³/mol. The van der Waals surface area contributed by atoms with Crippen LogP contribution in [-0.4, -0.2) is 24.7 Å². The Hall–Kier alpha value is -2.75. The average Bonchev–Trinajstić information content (AvgIpc) is 3.01. The highest BCUT2D eigenvalue weighted by molar-refractivity contribution is 6.04. The fourth-order valence-electron chi connectivity index (χ4n) is 3.79. The molecule has 4 nitrogen and oxygen atoms in total. The van der Waals surface area contributed by atoms with Crippen molar-refractivity contribution >= 4 is 16.8 Å². The van der Waals surface area contributed by atoms with Gasteiger partial charge in [0.1, 0.15) is 11.5 Å². The van der Waals surface area contributed by atoms with E-state index in [2.05, 4.69) is 6.07 Å². The Morgan fingerprint density at radius 2 is 1.64 bits per heavy atom. The first kappa shape index (κ1) is 15.8. The molecule has 0 atom stereocenters. The second kappa shape index (κ2) is 6.28. The van der Waals surface area contributed by atoms with E-state index in [-0.39, 0.29) is 5.91 Å². The minimum absolute atomic E-state index is 0.0310. The number of ether oxygens (including phenoxy) is 2. The number of nitrogens with zero attached hydrogens (tertiary/aromatic N) is 1. The number of hydrogen-bond donors (Lipinski definition) is 0. The Morgan fingerprint density at radius 3 is 2.36 bits per heavy atom. The molecule has 1 aromatic heterocycles. The Bertz CT molecular complexity index is 933. The van der Waals surface area contributed by atoms with Gasteiger partial charge in [-0.1, -0.05) is 18.2 Å². The third-order valence-corrected chi connectivity index (χ3v) is 4.98. The molecule has 1 aliphatic carbocycles. The van der Waals surface area contributed by atoms with E-state index in [0.717, 1.165) is 30.5 Å². The zero-order valence-corrected chi connectivity index (χ0v) is 14.5. The van der Waals surface area contributed by atoms with E-state index in [1.807, 2.05) is 22.8 Å². The van der Waals surface area contributed by atoms with Gasteiger partial charge in [0.25, 0.3) is 5.91 Å². The van der Waals surface area contributed by atoms with E-state index in [1.165, 1.54) is 17.4 Å². The van der Waals surface area contributed by atoms with Crippen LogP contribution in [0.4, 0.5) is 0 Å². The molecule has 4 heteroatoms. The number of fused-ring (bicyclic) bond motifs is 3. The van der Waals surface area contributed by atoms with Crippen molar-refractivity contribution in [3.05, 3.63) is 59.3 Å². The number of rotatable bonds is 3. The summed E-state index contributed by atoms with van der Waals surface area (Å²) in [5.74, 6) is 1.21. The zero-order chi connectivity index (χ0) is 17.4. The molecule has 0 fully saturated rings. The number of aromatic nitrogens is 1. The molecule has 25 heavy (non-hydrogen) atoms. The molecule has 0 radical (unpaired) electrons. The summed E-state index contributed by atoms with van der Waals surface area (Å²) in [6.07, 6.45) is 4.29. The van der Waals surface area contributed by atoms with Gasteiger partial charge in [-0.05, 0) is 49.4 Å². The molecule has 3 aromatic rings. The number of hydrogen-bond acceptors (Lipinski definition) is 3. The van der Waals surface area contributed by atoms with Crippen LogP contribution < -0.4 is 9.47 Å². The van der Waals surface area contributed by atoms with Crippen LogP contribution in [-0.2, 0) is 12.8 Å². The van der Waals surface area contributed by atoms with Gasteiger partial charge in [-0.2, -0.15) is 0 Å². The van der Waals surface area contributed by atoms with Gasteiger partial charge in [-0.25, -0.2) is 0 Å². The maximum atomic E-state index is 13.4. The maximum absolute atomic E-state index is 13.4. The maximum Gasteiger partial charge on any atom is 0.262 e. The van der Waals surface area contributed by atoms with E-state index in [0.29, 0.717) is 17.1 Å². The van der Waals surface area contributed by atoms with E-state index >= 15 is 0 Å². The first-order valence-electron chi connectivity index (χ1n) is 8.62. The van der Waals surface area contributed by atoms with Gasteiger partial charge in [-0.3, -0.25) is 9.36 Å². The highest BCUT2D eigenvalue weighted by atomic mass is 16.5. The van der Waals surface area contributed by atoms with Crippen LogP contribution in [0.5, 0.6) is 11.5 Å². The van der Waals surface area contributed by atoms with Crippen LogP contribution in [0.15, 0.2) is 42.5 Å². The third kappa shape index (κ3) is 2.58. The van der Waals surface area contributed by atoms with E-state index < -0.39 is 0 Å². The molecule has 128 valence electrons. The summed E-state index contributed by atoms with van der Waals surface area (Å²) in [4.78, 5) is 13.4. The molecule has 0 spiro atoms. The number of carbonyl (C=O) groups is 1. The second-order valence-corrected chi connectivity index (χ2v) is 6.39. The van der Waals surface area contributed by atoms with Crippen LogP contribution in [0, 0.1) is 0 Å². The highest BCUT2D eigenvalue weighted by Crippen LogP contribution is 2.33. The van der Waals surface area contributed by atoms with Crippen LogP contribution in [0.3, 0.4) is 0 Å². The van der Waals surface area contributed by atoms with Gasteiger partial charge in [0.15, 0.2) is 0 Å². The van der Waals surface area contributed by atoms with E-state index in [1.54, 1.807) is 32.4 Å². The van der Waals surface area contributed by atoms with Crippen LogP contribution >= 0.6 is 0 Å². The molecule has 0 bridgehead atoms. The molecule has 2 aromatic carbocycles. The molecule has 1 aliphatic rings. The highest BCUT2D eigenvalue weighted by Gasteiger charge is 2.24. The van der Waals surface area contributed by atoms with Crippen molar-refractivity contribution in [2.45, 2.75) is 25.7 Å². The van der Waals surface area contributed by atoms with Crippen molar-refractivity contribution < 1.29 is 14.3 Å². The third-order valence-electron chi connectivity index (χ3n) is 4.98. The van der Waals surface area contributed by atoms with Crippen molar-refractivity contribution in [2.24, 2.45) is 0 Å². The van der Waals surface area contributed by atoms with Gasteiger partial charge in [0.2, 0.25) is 0 Å². The lowest BCUT2D eigenvalue weighted by Crippen LogP contribution is -2.17. The molecule has 0 unspecified atom stereocenters. The van der Waals surface area contributed by atoms with E-state index in [9.17, 15) is 4.79 Å². The molecule has 0 amide bonds. The van der Waals surface area contributed by atoms with Crippen LogP contribution in [0.25, 0.3) is 10.9 Å². The first-order valence-corrected chi connectivity index (χ1v) is 8.62. The molecule has 0 saturated carbocycles. The summed E-state index contributed by atoms with van der Waals surface area (Å²) in [5.41, 5.74) is 4.04. The smallest absolute Gasteiger partial charge is 0.262 e. The van der Waals surface area contributed by atoms with Crippen molar-refractivity contribution in [2.75, 3.05) is 14.2 Å². The van der Waals surface area contributed by atoms with Crippen LogP contribution in [0.2, 0.25) is 0 Å². The Balaban J connectivity index is 1.92. The van der Waals surface area contributed by atoms with Crippen molar-refractivity contribution in [1.82, 2.24) is 4.57 Å². The topological polar surface area (TPSA) is 40.5 Å². The van der Waals surface area contributed by atoms with Crippen molar-refractivity contribution in [1.29, 1.82) is 0 Å². The van der Waals surface area contributed by atoms with Gasteiger partial charge in [0.05, 0.1) is 19.7 Å². The Labute approximate surface area is 147 Å². The average molecular weight is 335 g/mol. The summed E-state index contributed by atoms with van der Waals surface area (Å²) < 4.78 is 12.5. The number of benzene rings is 2. The number of methoxy groups -OCH3 is 2. The van der Waals surface area contributed by atoms with Crippen molar-refractivity contribution in [3.63, 3.8) is 0 Å². The van der Waals surface area contributed by atoms with Gasteiger partial charge < -0.3 is 9.47 Å². The molecular weight excluding hydrogens is 314 g/mol. The first-order chi connectivity index (χ1) is 12.2.